The number of aromatic nitrogens is 1. The molecule has 0 aliphatic heterocycles. The van der Waals surface area contributed by atoms with Gasteiger partial charge in [0.2, 0.25) is 0 Å². The molecule has 1 heterocycles. The third kappa shape index (κ3) is 4.50. The first-order valence-corrected chi connectivity index (χ1v) is 10.0. The number of rotatable bonds is 4. The van der Waals surface area contributed by atoms with Crippen molar-refractivity contribution in [3.05, 3.63) is 58.9 Å². The van der Waals surface area contributed by atoms with Crippen LogP contribution in [-0.2, 0) is 19.1 Å². The molecule has 1 aliphatic carbocycles. The van der Waals surface area contributed by atoms with E-state index in [9.17, 15) is 19.5 Å². The summed E-state index contributed by atoms with van der Waals surface area (Å²) in [6, 6.07) is 7.38. The molecule has 0 spiro atoms. The van der Waals surface area contributed by atoms with Crippen LogP contribution in [0.15, 0.2) is 42.2 Å². The molecule has 7 heteroatoms. The van der Waals surface area contributed by atoms with E-state index in [0.29, 0.717) is 11.1 Å². The molecule has 1 aromatic heterocycles. The SMILES string of the molecule is Cc1c(-c2cccnc2)ccc2c1C(O)=C(C(=O)NCC(=O)OC(C)(C)C)C(=O)C2C. The van der Waals surface area contributed by atoms with E-state index in [1.54, 1.807) is 46.2 Å². The lowest BCUT2D eigenvalue weighted by atomic mass is 9.78. The summed E-state index contributed by atoms with van der Waals surface area (Å²) < 4.78 is 5.17. The Bertz CT molecular complexity index is 1080. The lowest BCUT2D eigenvalue weighted by Crippen LogP contribution is -2.38. The number of carbonyl (C=O) groups is 3. The first-order chi connectivity index (χ1) is 14.5. The Morgan fingerprint density at radius 3 is 2.55 bits per heavy atom. The quantitative estimate of drug-likeness (QED) is 0.577. The van der Waals surface area contributed by atoms with Crippen LogP contribution in [0.5, 0.6) is 0 Å². The molecule has 1 aliphatic rings. The summed E-state index contributed by atoms with van der Waals surface area (Å²) in [4.78, 5) is 41.7. The predicted octanol–water partition coefficient (Wildman–Crippen LogP) is 3.47. The van der Waals surface area contributed by atoms with Gasteiger partial charge in [0.05, 0.1) is 0 Å². The number of benzene rings is 1. The third-order valence-electron chi connectivity index (χ3n) is 5.09. The lowest BCUT2D eigenvalue weighted by Gasteiger charge is -2.26. The number of hydrogen-bond donors (Lipinski definition) is 2. The number of aliphatic hydroxyl groups excluding tert-OH is 1. The molecule has 0 fully saturated rings. The van der Waals surface area contributed by atoms with Crippen molar-refractivity contribution in [2.45, 2.75) is 46.1 Å². The fraction of sp³-hybridized carbons (Fsp3) is 0.333. The van der Waals surface area contributed by atoms with E-state index >= 15 is 0 Å². The van der Waals surface area contributed by atoms with Gasteiger partial charge in [0, 0.05) is 29.4 Å². The first-order valence-electron chi connectivity index (χ1n) is 10.0. The van der Waals surface area contributed by atoms with Crippen LogP contribution in [0.3, 0.4) is 0 Å². The Morgan fingerprint density at radius 1 is 1.23 bits per heavy atom. The van der Waals surface area contributed by atoms with Gasteiger partial charge in [0.1, 0.15) is 23.5 Å². The minimum absolute atomic E-state index is 0.352. The van der Waals surface area contributed by atoms with Gasteiger partial charge in [-0.25, -0.2) is 0 Å². The smallest absolute Gasteiger partial charge is 0.325 e. The number of ketones is 1. The average molecular weight is 422 g/mol. The van der Waals surface area contributed by atoms with Crippen molar-refractivity contribution in [3.8, 4) is 11.1 Å². The summed E-state index contributed by atoms with van der Waals surface area (Å²) in [6.07, 6.45) is 3.38. The van der Waals surface area contributed by atoms with Crippen molar-refractivity contribution in [3.63, 3.8) is 0 Å². The highest BCUT2D eigenvalue weighted by Gasteiger charge is 2.37. The molecular weight excluding hydrogens is 396 g/mol. The fourth-order valence-electron chi connectivity index (χ4n) is 3.68. The van der Waals surface area contributed by atoms with E-state index in [0.717, 1.165) is 16.7 Å². The van der Waals surface area contributed by atoms with Crippen molar-refractivity contribution in [2.75, 3.05) is 6.54 Å². The average Bonchev–Trinajstić information content (AvgIpc) is 2.70. The van der Waals surface area contributed by atoms with Gasteiger partial charge < -0.3 is 15.2 Å². The second kappa shape index (κ2) is 8.34. The van der Waals surface area contributed by atoms with Gasteiger partial charge in [-0.05, 0) is 50.5 Å². The van der Waals surface area contributed by atoms with Crippen molar-refractivity contribution < 1.29 is 24.2 Å². The largest absolute Gasteiger partial charge is 0.506 e. The summed E-state index contributed by atoms with van der Waals surface area (Å²) in [7, 11) is 0. The Balaban J connectivity index is 1.98. The van der Waals surface area contributed by atoms with Gasteiger partial charge in [-0.2, -0.15) is 0 Å². The molecule has 2 N–H and O–H groups in total. The third-order valence-corrected chi connectivity index (χ3v) is 5.09. The maximum absolute atomic E-state index is 12.9. The predicted molar refractivity (Wildman–Crippen MR) is 116 cm³/mol. The second-order valence-electron chi connectivity index (χ2n) is 8.52. The van der Waals surface area contributed by atoms with Gasteiger partial charge in [-0.1, -0.05) is 25.1 Å². The summed E-state index contributed by atoms with van der Waals surface area (Å²) in [6.45, 7) is 8.26. The Kier molecular flexibility index (Phi) is 5.97. The second-order valence-corrected chi connectivity index (χ2v) is 8.52. The molecule has 1 amide bonds. The summed E-state index contributed by atoms with van der Waals surface area (Å²) in [5.74, 6) is -2.94. The highest BCUT2D eigenvalue weighted by Crippen LogP contribution is 2.40. The van der Waals surface area contributed by atoms with Crippen molar-refractivity contribution >= 4 is 23.4 Å². The minimum atomic E-state index is -0.808. The van der Waals surface area contributed by atoms with E-state index in [4.69, 9.17) is 4.74 Å². The van der Waals surface area contributed by atoms with E-state index < -0.39 is 35.7 Å². The van der Waals surface area contributed by atoms with Crippen LogP contribution in [0.2, 0.25) is 0 Å². The molecule has 1 unspecified atom stereocenters. The van der Waals surface area contributed by atoms with Crippen LogP contribution < -0.4 is 5.32 Å². The highest BCUT2D eigenvalue weighted by molar-refractivity contribution is 6.27. The number of amides is 1. The molecule has 1 atom stereocenters. The van der Waals surface area contributed by atoms with Gasteiger partial charge in [-0.3, -0.25) is 19.4 Å². The Hall–Kier alpha value is -3.48. The maximum atomic E-state index is 12.9. The van der Waals surface area contributed by atoms with Gasteiger partial charge in [0.15, 0.2) is 5.78 Å². The monoisotopic (exact) mass is 422 g/mol. The van der Waals surface area contributed by atoms with Crippen LogP contribution in [0.4, 0.5) is 0 Å². The van der Waals surface area contributed by atoms with Crippen LogP contribution in [0, 0.1) is 6.92 Å². The molecule has 3 rings (SSSR count). The Labute approximate surface area is 181 Å². The zero-order valence-electron chi connectivity index (χ0n) is 18.3. The molecule has 1 aromatic carbocycles. The molecule has 162 valence electrons. The van der Waals surface area contributed by atoms with E-state index in [-0.39, 0.29) is 11.3 Å². The number of hydrogen-bond acceptors (Lipinski definition) is 6. The van der Waals surface area contributed by atoms with E-state index in [1.807, 2.05) is 25.1 Å². The van der Waals surface area contributed by atoms with Gasteiger partial charge in [0.25, 0.3) is 5.91 Å². The number of pyridine rings is 1. The van der Waals surface area contributed by atoms with Crippen LogP contribution >= 0.6 is 0 Å². The maximum Gasteiger partial charge on any atom is 0.325 e. The lowest BCUT2D eigenvalue weighted by molar-refractivity contribution is -0.154. The summed E-state index contributed by atoms with van der Waals surface area (Å²) in [5, 5.41) is 13.3. The number of aliphatic hydroxyl groups is 1. The Morgan fingerprint density at radius 2 is 1.94 bits per heavy atom. The zero-order chi connectivity index (χ0) is 22.9. The van der Waals surface area contributed by atoms with Crippen LogP contribution in [0.25, 0.3) is 16.9 Å². The van der Waals surface area contributed by atoms with Crippen LogP contribution in [-0.4, -0.2) is 39.9 Å². The summed E-state index contributed by atoms with van der Waals surface area (Å²) in [5.41, 5.74) is 2.49. The molecule has 0 saturated carbocycles. The van der Waals surface area contributed by atoms with Crippen LogP contribution in [0.1, 0.15) is 50.3 Å². The number of nitrogens with one attached hydrogen (secondary N) is 1. The zero-order valence-corrected chi connectivity index (χ0v) is 18.3. The standard InChI is InChI=1S/C24H26N2O5/c1-13-16(15-7-6-10-25-11-15)8-9-17-14(2)21(28)20(22(29)19(13)17)23(30)26-12-18(27)31-24(3,4)5/h6-11,14,29H,12H2,1-5H3,(H,26,30). The molecule has 0 saturated heterocycles. The molecule has 0 bridgehead atoms. The van der Waals surface area contributed by atoms with Gasteiger partial charge in [-0.15, -0.1) is 0 Å². The fourth-order valence-corrected chi connectivity index (χ4v) is 3.68. The number of esters is 1. The van der Waals surface area contributed by atoms with E-state index in [1.165, 1.54) is 0 Å². The van der Waals surface area contributed by atoms with Crippen molar-refractivity contribution in [1.29, 1.82) is 0 Å². The molecule has 7 nitrogen and oxygen atoms in total. The molecular formula is C24H26N2O5. The first kappa shape index (κ1) is 22.2. The summed E-state index contributed by atoms with van der Waals surface area (Å²) >= 11 is 0. The number of Topliss-reactive ketones (excluding diaryl/α,β-unsaturated/α-hetero) is 1. The number of fused-ring (bicyclic) bond motifs is 1. The van der Waals surface area contributed by atoms with Gasteiger partial charge >= 0.3 is 5.97 Å². The number of carbonyl (C=O) groups excluding carboxylic acids is 3. The van der Waals surface area contributed by atoms with Crippen molar-refractivity contribution in [1.82, 2.24) is 10.3 Å². The molecule has 31 heavy (non-hydrogen) atoms. The molecule has 2 aromatic rings. The number of nitrogens with zero attached hydrogens (tertiary/aromatic N) is 1. The topological polar surface area (TPSA) is 106 Å². The number of ether oxygens (including phenoxy) is 1. The highest BCUT2D eigenvalue weighted by atomic mass is 16.6. The minimum Gasteiger partial charge on any atom is -0.506 e. The van der Waals surface area contributed by atoms with Crippen molar-refractivity contribution in [2.24, 2.45) is 0 Å². The van der Waals surface area contributed by atoms with E-state index in [2.05, 4.69) is 10.3 Å². The normalized spacial score (nSPS) is 16.0. The molecule has 0 radical (unpaired) electrons.